The number of rotatable bonds is 9. The van der Waals surface area contributed by atoms with Crippen LogP contribution in [0, 0.1) is 12.3 Å². The van der Waals surface area contributed by atoms with Crippen LogP contribution < -0.4 is 33.8 Å². The van der Waals surface area contributed by atoms with Crippen molar-refractivity contribution >= 4 is 39.3 Å². The van der Waals surface area contributed by atoms with Crippen LogP contribution in [0.2, 0.25) is 0 Å². The third kappa shape index (κ3) is 5.50. The van der Waals surface area contributed by atoms with Gasteiger partial charge in [0.2, 0.25) is 0 Å². The third-order valence-corrected chi connectivity index (χ3v) is 7.66. The quantitative estimate of drug-likeness (QED) is 0.264. The number of esters is 1. The van der Waals surface area contributed by atoms with E-state index in [9.17, 15) is 9.59 Å². The van der Waals surface area contributed by atoms with Crippen molar-refractivity contribution in [2.24, 2.45) is 4.99 Å². The number of thiazole rings is 1. The summed E-state index contributed by atoms with van der Waals surface area (Å²) in [5, 5.41) is 0. The molecule has 1 aliphatic rings. The zero-order valence-electron chi connectivity index (χ0n) is 22.6. The number of ether oxygens (including phenoxy) is 5. The summed E-state index contributed by atoms with van der Waals surface area (Å²) < 4.78 is 29.9. The molecule has 0 spiro atoms. The normalized spacial score (nSPS) is 14.6. The highest BCUT2D eigenvalue weighted by molar-refractivity contribution is 9.10. The molecule has 3 aromatic rings. The summed E-state index contributed by atoms with van der Waals surface area (Å²) in [6.45, 7) is 3.71. The van der Waals surface area contributed by atoms with Crippen LogP contribution in [0.4, 0.5) is 0 Å². The number of carbonyl (C=O) groups excluding carboxylic acids is 1. The molecule has 1 atom stereocenters. The maximum absolute atomic E-state index is 13.9. The van der Waals surface area contributed by atoms with Crippen molar-refractivity contribution in [2.45, 2.75) is 19.9 Å². The standard InChI is InChI=1S/C29H27BrN2O7S/c1-7-11-39-26-19(30)12-17(13-22(26)37-6)14-23-27(33)32-25(18-9-10-20(35-4)21(15-18)36-5)24(28(34)38-8-2)16(3)31-29(32)40-23/h1,9-10,12-15,25H,8,11H2,2-6H3/b23-14-/t25-/m0/s1. The molecule has 4 rings (SSSR count). The Kier molecular flexibility index (Phi) is 9.02. The first kappa shape index (κ1) is 29.0. The fraction of sp³-hybridized carbons (Fsp3) is 0.276. The van der Waals surface area contributed by atoms with Gasteiger partial charge >= 0.3 is 5.97 Å². The Morgan fingerprint density at radius 2 is 1.88 bits per heavy atom. The first-order chi connectivity index (χ1) is 19.3. The van der Waals surface area contributed by atoms with E-state index in [-0.39, 0.29) is 24.3 Å². The highest BCUT2D eigenvalue weighted by Gasteiger charge is 2.34. The van der Waals surface area contributed by atoms with Crippen LogP contribution in [0.3, 0.4) is 0 Å². The van der Waals surface area contributed by atoms with Crippen molar-refractivity contribution in [1.82, 2.24) is 4.57 Å². The summed E-state index contributed by atoms with van der Waals surface area (Å²) in [5.74, 6) is 3.77. The lowest BCUT2D eigenvalue weighted by Crippen LogP contribution is -2.40. The highest BCUT2D eigenvalue weighted by atomic mass is 79.9. The minimum absolute atomic E-state index is 0.0746. The number of fused-ring (bicyclic) bond motifs is 1. The molecule has 11 heteroatoms. The molecular weight excluding hydrogens is 600 g/mol. The molecular formula is C29H27BrN2O7S. The first-order valence-electron chi connectivity index (χ1n) is 12.1. The van der Waals surface area contributed by atoms with Gasteiger partial charge in [-0.2, -0.15) is 0 Å². The molecule has 9 nitrogen and oxygen atoms in total. The summed E-state index contributed by atoms with van der Waals surface area (Å²) in [6.07, 6.45) is 7.06. The summed E-state index contributed by atoms with van der Waals surface area (Å²) >= 11 is 4.71. The van der Waals surface area contributed by atoms with Crippen LogP contribution in [-0.2, 0) is 9.53 Å². The van der Waals surface area contributed by atoms with E-state index >= 15 is 0 Å². The number of benzene rings is 2. The average Bonchev–Trinajstić information content (AvgIpc) is 3.24. The summed E-state index contributed by atoms with van der Waals surface area (Å²) in [5.41, 5.74) is 1.74. The van der Waals surface area contributed by atoms with E-state index in [0.717, 1.165) is 0 Å². The number of allylic oxidation sites excluding steroid dienone is 1. The fourth-order valence-electron chi connectivity index (χ4n) is 4.36. The van der Waals surface area contributed by atoms with Crippen LogP contribution in [0.25, 0.3) is 6.08 Å². The van der Waals surface area contributed by atoms with E-state index < -0.39 is 12.0 Å². The number of halogens is 1. The molecule has 0 bridgehead atoms. The summed E-state index contributed by atoms with van der Waals surface area (Å²) in [4.78, 5) is 32.1. The molecule has 208 valence electrons. The van der Waals surface area contributed by atoms with Crippen LogP contribution in [0.15, 0.2) is 55.9 Å². The van der Waals surface area contributed by atoms with Gasteiger partial charge in [-0.3, -0.25) is 9.36 Å². The monoisotopic (exact) mass is 626 g/mol. The lowest BCUT2D eigenvalue weighted by Gasteiger charge is -2.25. The summed E-state index contributed by atoms with van der Waals surface area (Å²) in [6, 6.07) is 8.02. The Morgan fingerprint density at radius 1 is 1.15 bits per heavy atom. The lowest BCUT2D eigenvalue weighted by molar-refractivity contribution is -0.139. The fourth-order valence-corrected chi connectivity index (χ4v) is 5.98. The average molecular weight is 628 g/mol. The smallest absolute Gasteiger partial charge is 0.338 e. The van der Waals surface area contributed by atoms with Gasteiger partial charge in [0.15, 0.2) is 27.8 Å². The Balaban J connectivity index is 1.93. The van der Waals surface area contributed by atoms with Gasteiger partial charge in [0.1, 0.15) is 6.61 Å². The van der Waals surface area contributed by atoms with Crippen molar-refractivity contribution < 1.29 is 28.5 Å². The topological polar surface area (TPSA) is 97.6 Å². The SMILES string of the molecule is C#CCOc1c(Br)cc(/C=c2\sc3n(c2=O)[C@@H](c2ccc(OC)c(OC)c2)C(C(=O)OCC)=C(C)N=3)cc1OC. The predicted octanol–water partition coefficient (Wildman–Crippen LogP) is 3.60. The Morgan fingerprint density at radius 3 is 2.52 bits per heavy atom. The zero-order chi connectivity index (χ0) is 29.0. The highest BCUT2D eigenvalue weighted by Crippen LogP contribution is 2.38. The second-order valence-corrected chi connectivity index (χ2v) is 10.3. The maximum Gasteiger partial charge on any atom is 0.338 e. The van der Waals surface area contributed by atoms with Crippen LogP contribution in [0.1, 0.15) is 31.0 Å². The minimum Gasteiger partial charge on any atom is -0.493 e. The van der Waals surface area contributed by atoms with E-state index in [2.05, 4.69) is 26.8 Å². The van der Waals surface area contributed by atoms with E-state index in [1.54, 1.807) is 50.3 Å². The van der Waals surface area contributed by atoms with Gasteiger partial charge in [-0.1, -0.05) is 23.3 Å². The molecule has 0 radical (unpaired) electrons. The molecule has 1 aromatic heterocycles. The Hall–Kier alpha value is -4.01. The number of hydrogen-bond acceptors (Lipinski definition) is 9. The van der Waals surface area contributed by atoms with Crippen molar-refractivity contribution in [3.63, 3.8) is 0 Å². The molecule has 0 unspecified atom stereocenters. The molecule has 0 aliphatic carbocycles. The Labute approximate surface area is 243 Å². The number of aromatic nitrogens is 1. The van der Waals surface area contributed by atoms with Gasteiger partial charge in [0, 0.05) is 0 Å². The number of methoxy groups -OCH3 is 3. The van der Waals surface area contributed by atoms with E-state index in [1.807, 2.05) is 0 Å². The van der Waals surface area contributed by atoms with Gasteiger partial charge in [0.25, 0.3) is 5.56 Å². The predicted molar refractivity (Wildman–Crippen MR) is 155 cm³/mol. The second-order valence-electron chi connectivity index (χ2n) is 8.44. The zero-order valence-corrected chi connectivity index (χ0v) is 25.0. The molecule has 0 saturated heterocycles. The van der Waals surface area contributed by atoms with Gasteiger partial charge in [-0.15, -0.1) is 6.42 Å². The number of hydrogen-bond donors (Lipinski definition) is 0. The third-order valence-electron chi connectivity index (χ3n) is 6.09. The number of terminal acetylenes is 1. The second kappa shape index (κ2) is 12.4. The minimum atomic E-state index is -0.793. The van der Waals surface area contributed by atoms with Crippen molar-refractivity contribution in [3.8, 4) is 35.3 Å². The lowest BCUT2D eigenvalue weighted by atomic mass is 9.95. The van der Waals surface area contributed by atoms with Crippen molar-refractivity contribution in [2.75, 3.05) is 34.5 Å². The van der Waals surface area contributed by atoms with Gasteiger partial charge < -0.3 is 23.7 Å². The largest absolute Gasteiger partial charge is 0.493 e. The van der Waals surface area contributed by atoms with Crippen LogP contribution >= 0.6 is 27.3 Å². The molecule has 0 fully saturated rings. The van der Waals surface area contributed by atoms with Crippen LogP contribution in [0.5, 0.6) is 23.0 Å². The molecule has 0 amide bonds. The van der Waals surface area contributed by atoms with Gasteiger partial charge in [0.05, 0.1) is 54.3 Å². The van der Waals surface area contributed by atoms with E-state index in [4.69, 9.17) is 30.1 Å². The molecule has 40 heavy (non-hydrogen) atoms. The molecule has 1 aliphatic heterocycles. The van der Waals surface area contributed by atoms with E-state index in [0.29, 0.717) is 53.6 Å². The van der Waals surface area contributed by atoms with Crippen molar-refractivity contribution in [1.29, 1.82) is 0 Å². The van der Waals surface area contributed by atoms with E-state index in [1.165, 1.54) is 37.2 Å². The maximum atomic E-state index is 13.9. The summed E-state index contributed by atoms with van der Waals surface area (Å²) in [7, 11) is 4.58. The number of nitrogens with zero attached hydrogens (tertiary/aromatic N) is 2. The first-order valence-corrected chi connectivity index (χ1v) is 13.7. The Bertz CT molecular complexity index is 1720. The molecule has 2 heterocycles. The van der Waals surface area contributed by atoms with Gasteiger partial charge in [-0.05, 0) is 71.2 Å². The number of carbonyl (C=O) groups is 1. The van der Waals surface area contributed by atoms with Crippen LogP contribution in [-0.4, -0.2) is 45.1 Å². The molecule has 2 aromatic carbocycles. The van der Waals surface area contributed by atoms with Crippen molar-refractivity contribution in [3.05, 3.63) is 76.9 Å². The molecule has 0 saturated carbocycles. The molecule has 0 N–H and O–H groups in total. The van der Waals surface area contributed by atoms with Gasteiger partial charge in [-0.25, -0.2) is 9.79 Å².